The van der Waals surface area contributed by atoms with Crippen LogP contribution in [0.4, 0.5) is 4.39 Å². The molecule has 0 aromatic carbocycles. The largest absolute Gasteiger partial charge is 0.359 e. The fraction of sp³-hybridized carbons (Fsp3) is 0.455. The van der Waals surface area contributed by atoms with Gasteiger partial charge in [0.2, 0.25) is 5.91 Å². The van der Waals surface area contributed by atoms with Gasteiger partial charge in [0, 0.05) is 32.3 Å². The second-order valence-electron chi connectivity index (χ2n) is 3.59. The molecule has 1 rings (SSSR count). The molecule has 0 radical (unpaired) electrons. The lowest BCUT2D eigenvalue weighted by molar-refractivity contribution is -0.121. The predicted molar refractivity (Wildman–Crippen MR) is 59.2 cm³/mol. The molecular weight excluding hydrogens is 209 g/mol. The first-order chi connectivity index (χ1) is 7.63. The summed E-state index contributed by atoms with van der Waals surface area (Å²) in [5, 5.41) is 5.58. The molecule has 0 spiro atoms. The maximum atomic E-state index is 13.2. The number of nitrogens with one attached hydrogen (secondary N) is 2. The molecule has 1 atom stereocenters. The average molecular weight is 225 g/mol. The van der Waals surface area contributed by atoms with Crippen LogP contribution in [0.2, 0.25) is 0 Å². The highest BCUT2D eigenvalue weighted by molar-refractivity contribution is 5.76. The number of carbonyl (C=O) groups is 1. The van der Waals surface area contributed by atoms with Crippen LogP contribution in [0.15, 0.2) is 18.3 Å². The molecule has 1 aromatic rings. The maximum absolute atomic E-state index is 13.2. The number of halogens is 1. The molecular formula is C11H16FN3O. The van der Waals surface area contributed by atoms with Crippen molar-refractivity contribution in [3.63, 3.8) is 0 Å². The second kappa shape index (κ2) is 6.17. The van der Waals surface area contributed by atoms with E-state index in [-0.39, 0.29) is 17.8 Å². The van der Waals surface area contributed by atoms with E-state index >= 15 is 0 Å². The summed E-state index contributed by atoms with van der Waals surface area (Å²) in [4.78, 5) is 15.0. The van der Waals surface area contributed by atoms with Crippen molar-refractivity contribution in [2.45, 2.75) is 25.9 Å². The lowest BCUT2D eigenvalue weighted by Crippen LogP contribution is -2.32. The van der Waals surface area contributed by atoms with Crippen molar-refractivity contribution in [3.05, 3.63) is 29.8 Å². The van der Waals surface area contributed by atoms with E-state index in [1.165, 1.54) is 6.07 Å². The molecule has 1 unspecified atom stereocenters. The Labute approximate surface area is 94.3 Å². The molecule has 0 saturated heterocycles. The summed E-state index contributed by atoms with van der Waals surface area (Å²) in [7, 11) is 1.59. The van der Waals surface area contributed by atoms with E-state index in [1.54, 1.807) is 19.3 Å². The first-order valence-electron chi connectivity index (χ1n) is 5.17. The van der Waals surface area contributed by atoms with Crippen molar-refractivity contribution in [2.24, 2.45) is 0 Å². The minimum Gasteiger partial charge on any atom is -0.359 e. The van der Waals surface area contributed by atoms with Crippen molar-refractivity contribution < 1.29 is 9.18 Å². The fourth-order valence-electron chi connectivity index (χ4n) is 1.27. The lowest BCUT2D eigenvalue weighted by Gasteiger charge is -2.12. The number of amides is 1. The van der Waals surface area contributed by atoms with Crippen molar-refractivity contribution in [1.82, 2.24) is 15.6 Å². The van der Waals surface area contributed by atoms with Crippen LogP contribution in [0.25, 0.3) is 0 Å². The summed E-state index contributed by atoms with van der Waals surface area (Å²) >= 11 is 0. The van der Waals surface area contributed by atoms with E-state index < -0.39 is 0 Å². The van der Waals surface area contributed by atoms with Gasteiger partial charge >= 0.3 is 0 Å². The van der Waals surface area contributed by atoms with Crippen molar-refractivity contribution >= 4 is 5.91 Å². The molecule has 4 nitrogen and oxygen atoms in total. The van der Waals surface area contributed by atoms with Gasteiger partial charge in [-0.1, -0.05) is 0 Å². The lowest BCUT2D eigenvalue weighted by atomic mass is 10.2. The highest BCUT2D eigenvalue weighted by Gasteiger charge is 2.08. The number of pyridine rings is 1. The minimum absolute atomic E-state index is 0.0126. The standard InChI is InChI=1S/C11H16FN3O/c1-8(6-11(16)13-2)15-7-10-9(12)4-3-5-14-10/h3-5,8,15H,6-7H2,1-2H3,(H,13,16). The quantitative estimate of drug-likeness (QED) is 0.780. The van der Waals surface area contributed by atoms with Gasteiger partial charge in [-0.2, -0.15) is 0 Å². The topological polar surface area (TPSA) is 54.0 Å². The molecule has 0 aliphatic rings. The Kier molecular flexibility index (Phi) is 4.85. The number of aromatic nitrogens is 1. The molecule has 5 heteroatoms. The molecule has 16 heavy (non-hydrogen) atoms. The van der Waals surface area contributed by atoms with Crippen LogP contribution < -0.4 is 10.6 Å². The van der Waals surface area contributed by atoms with Crippen LogP contribution in [0, 0.1) is 5.82 Å². The molecule has 1 heterocycles. The Morgan fingerprint density at radius 3 is 3.00 bits per heavy atom. The summed E-state index contributed by atoms with van der Waals surface area (Å²) < 4.78 is 13.2. The average Bonchev–Trinajstić information content (AvgIpc) is 2.28. The maximum Gasteiger partial charge on any atom is 0.221 e. The van der Waals surface area contributed by atoms with Crippen LogP contribution in [-0.4, -0.2) is 24.0 Å². The number of hydrogen-bond acceptors (Lipinski definition) is 3. The summed E-state index contributed by atoms with van der Waals surface area (Å²) in [6.07, 6.45) is 1.91. The number of hydrogen-bond donors (Lipinski definition) is 2. The van der Waals surface area contributed by atoms with Gasteiger partial charge in [0.1, 0.15) is 5.82 Å². The minimum atomic E-state index is -0.331. The smallest absolute Gasteiger partial charge is 0.221 e. The Morgan fingerprint density at radius 2 is 2.38 bits per heavy atom. The third-order valence-corrected chi connectivity index (χ3v) is 2.22. The Balaban J connectivity index is 2.40. The summed E-state index contributed by atoms with van der Waals surface area (Å²) in [5.74, 6) is -0.372. The molecule has 0 fully saturated rings. The van der Waals surface area contributed by atoms with Gasteiger partial charge in [0.15, 0.2) is 0 Å². The first kappa shape index (κ1) is 12.6. The molecule has 0 aliphatic carbocycles. The van der Waals surface area contributed by atoms with Gasteiger partial charge in [-0.3, -0.25) is 9.78 Å². The fourth-order valence-corrected chi connectivity index (χ4v) is 1.27. The second-order valence-corrected chi connectivity index (χ2v) is 3.59. The summed E-state index contributed by atoms with van der Waals surface area (Å²) in [5.41, 5.74) is 0.367. The monoisotopic (exact) mass is 225 g/mol. The van der Waals surface area contributed by atoms with Crippen LogP contribution in [0.1, 0.15) is 19.0 Å². The van der Waals surface area contributed by atoms with Crippen LogP contribution in [0.3, 0.4) is 0 Å². The molecule has 2 N–H and O–H groups in total. The van der Waals surface area contributed by atoms with Crippen LogP contribution in [-0.2, 0) is 11.3 Å². The molecule has 0 aliphatic heterocycles. The van der Waals surface area contributed by atoms with E-state index in [4.69, 9.17) is 0 Å². The normalized spacial score (nSPS) is 12.2. The first-order valence-corrected chi connectivity index (χ1v) is 5.17. The van der Waals surface area contributed by atoms with Gasteiger partial charge in [-0.15, -0.1) is 0 Å². The Hall–Kier alpha value is -1.49. The summed E-state index contributed by atoms with van der Waals surface area (Å²) in [6.45, 7) is 2.20. The van der Waals surface area contributed by atoms with Crippen LogP contribution in [0.5, 0.6) is 0 Å². The molecule has 0 bridgehead atoms. The molecule has 1 aromatic heterocycles. The van der Waals surface area contributed by atoms with Gasteiger partial charge < -0.3 is 10.6 Å². The Bertz CT molecular complexity index is 357. The van der Waals surface area contributed by atoms with E-state index in [9.17, 15) is 9.18 Å². The predicted octanol–water partition coefficient (Wildman–Crippen LogP) is 0.835. The zero-order valence-corrected chi connectivity index (χ0v) is 9.46. The highest BCUT2D eigenvalue weighted by Crippen LogP contribution is 2.02. The van der Waals surface area contributed by atoms with Crippen LogP contribution >= 0.6 is 0 Å². The molecule has 1 amide bonds. The Morgan fingerprint density at radius 1 is 1.62 bits per heavy atom. The van der Waals surface area contributed by atoms with Crippen molar-refractivity contribution in [2.75, 3.05) is 7.05 Å². The van der Waals surface area contributed by atoms with E-state index in [2.05, 4.69) is 15.6 Å². The van der Waals surface area contributed by atoms with Gasteiger partial charge in [0.05, 0.1) is 5.69 Å². The van der Waals surface area contributed by atoms with Crippen molar-refractivity contribution in [1.29, 1.82) is 0 Å². The molecule has 0 saturated carbocycles. The summed E-state index contributed by atoms with van der Waals surface area (Å²) in [6, 6.07) is 2.90. The van der Waals surface area contributed by atoms with E-state index in [1.807, 2.05) is 6.92 Å². The third-order valence-electron chi connectivity index (χ3n) is 2.22. The molecule has 88 valence electrons. The number of carbonyl (C=O) groups excluding carboxylic acids is 1. The number of rotatable bonds is 5. The van der Waals surface area contributed by atoms with E-state index in [0.717, 1.165) is 0 Å². The zero-order chi connectivity index (χ0) is 12.0. The zero-order valence-electron chi connectivity index (χ0n) is 9.46. The highest BCUT2D eigenvalue weighted by atomic mass is 19.1. The number of nitrogens with zero attached hydrogens (tertiary/aromatic N) is 1. The van der Waals surface area contributed by atoms with E-state index in [0.29, 0.717) is 18.7 Å². The SMILES string of the molecule is CNC(=O)CC(C)NCc1ncccc1F. The third kappa shape index (κ3) is 3.94. The van der Waals surface area contributed by atoms with Gasteiger partial charge in [0.25, 0.3) is 0 Å². The van der Waals surface area contributed by atoms with Gasteiger partial charge in [-0.05, 0) is 19.1 Å². The van der Waals surface area contributed by atoms with Crippen molar-refractivity contribution in [3.8, 4) is 0 Å². The van der Waals surface area contributed by atoms with Gasteiger partial charge in [-0.25, -0.2) is 4.39 Å².